The highest BCUT2D eigenvalue weighted by molar-refractivity contribution is 7.16. The van der Waals surface area contributed by atoms with E-state index in [4.69, 9.17) is 9.84 Å². The summed E-state index contributed by atoms with van der Waals surface area (Å²) in [6.45, 7) is -0.553. The van der Waals surface area contributed by atoms with E-state index in [2.05, 4.69) is 4.98 Å². The Hall–Kier alpha value is -1.79. The van der Waals surface area contributed by atoms with Gasteiger partial charge >= 0.3 is 10.6 Å². The zero-order chi connectivity index (χ0) is 15.3. The van der Waals surface area contributed by atoms with E-state index >= 15 is 0 Å². The second kappa shape index (κ2) is 4.89. The van der Waals surface area contributed by atoms with Gasteiger partial charge in [0.05, 0.1) is 6.61 Å². The van der Waals surface area contributed by atoms with Crippen molar-refractivity contribution in [3.63, 3.8) is 0 Å². The molecule has 1 saturated heterocycles. The molecule has 21 heavy (non-hydrogen) atoms. The summed E-state index contributed by atoms with van der Waals surface area (Å²) in [5.41, 5.74) is -1.65. The number of aromatic nitrogens is 3. The number of ether oxygens (including phenoxy) is 1. The van der Waals surface area contributed by atoms with Crippen LogP contribution in [0.4, 0.5) is 0 Å². The summed E-state index contributed by atoms with van der Waals surface area (Å²) in [5, 5.41) is 28.7. The summed E-state index contributed by atoms with van der Waals surface area (Å²) in [6, 6.07) is 0. The molecule has 0 spiro atoms. The molecule has 0 radical (unpaired) electrons. The van der Waals surface area contributed by atoms with Crippen molar-refractivity contribution in [3.05, 3.63) is 30.5 Å². The van der Waals surface area contributed by atoms with Gasteiger partial charge in [-0.05, 0) is 0 Å². The lowest BCUT2D eigenvalue weighted by Crippen LogP contribution is -2.34. The molecule has 3 rings (SSSR count). The van der Waals surface area contributed by atoms with Crippen LogP contribution in [0.5, 0.6) is 0 Å². The first-order chi connectivity index (χ1) is 9.93. The van der Waals surface area contributed by atoms with E-state index in [1.807, 2.05) is 4.98 Å². The van der Waals surface area contributed by atoms with Crippen molar-refractivity contribution in [3.8, 4) is 0 Å². The highest BCUT2D eigenvalue weighted by Gasteiger charge is 2.44. The van der Waals surface area contributed by atoms with Crippen LogP contribution in [-0.4, -0.2) is 54.8 Å². The number of hydrogen-bond donors (Lipinski definition) is 5. The molecule has 10 nitrogen and oxygen atoms in total. The Morgan fingerprint density at radius 2 is 1.90 bits per heavy atom. The molecule has 0 saturated carbocycles. The van der Waals surface area contributed by atoms with E-state index < -0.39 is 47.3 Å². The first-order valence-corrected chi connectivity index (χ1v) is 6.75. The van der Waals surface area contributed by atoms with Gasteiger partial charge in [0.15, 0.2) is 6.23 Å². The zero-order valence-corrected chi connectivity index (χ0v) is 11.2. The van der Waals surface area contributed by atoms with Gasteiger partial charge in [-0.2, -0.15) is 0 Å². The maximum absolute atomic E-state index is 12.0. The molecule has 11 heteroatoms. The van der Waals surface area contributed by atoms with Crippen molar-refractivity contribution in [2.45, 2.75) is 24.5 Å². The number of thiazole rings is 1. The molecule has 0 aliphatic carbocycles. The van der Waals surface area contributed by atoms with Crippen LogP contribution < -0.4 is 16.1 Å². The largest absolute Gasteiger partial charge is 0.394 e. The van der Waals surface area contributed by atoms with E-state index in [1.165, 1.54) is 0 Å². The lowest BCUT2D eigenvalue weighted by atomic mass is 10.1. The number of aromatic amines is 2. The van der Waals surface area contributed by atoms with Gasteiger partial charge < -0.3 is 20.1 Å². The topological polar surface area (TPSA) is 158 Å². The minimum Gasteiger partial charge on any atom is -0.394 e. The molecule has 1 aliphatic heterocycles. The predicted octanol–water partition coefficient (Wildman–Crippen LogP) is -2.95. The lowest BCUT2D eigenvalue weighted by molar-refractivity contribution is -0.0518. The van der Waals surface area contributed by atoms with Crippen LogP contribution in [0.2, 0.25) is 0 Å². The molecule has 1 fully saturated rings. The van der Waals surface area contributed by atoms with Crippen LogP contribution in [0.3, 0.4) is 0 Å². The number of H-pyrrole nitrogens is 2. The number of aliphatic hydroxyl groups excluding tert-OH is 3. The van der Waals surface area contributed by atoms with E-state index in [-0.39, 0.29) is 10.3 Å². The van der Waals surface area contributed by atoms with Crippen LogP contribution in [0.25, 0.3) is 10.3 Å². The third kappa shape index (κ3) is 2.06. The summed E-state index contributed by atoms with van der Waals surface area (Å²) in [5.74, 6) is 0. The minimum absolute atomic E-state index is 0.0302. The van der Waals surface area contributed by atoms with E-state index in [0.717, 1.165) is 4.57 Å². The Morgan fingerprint density at radius 1 is 1.19 bits per heavy atom. The fourth-order valence-electron chi connectivity index (χ4n) is 2.28. The fraction of sp³-hybridized carbons (Fsp3) is 0.500. The van der Waals surface area contributed by atoms with Gasteiger partial charge in [-0.15, -0.1) is 0 Å². The standard InChI is InChI=1S/C10H11N3O7S/c14-1-2-3(15)4(16)8(20-2)13-6-5(21-10(13)19)7(17)12-9(18)11-6/h2-4,8,14-16H,1H2,(H2,11,12,17,18)/t2-,3-,4-,8-/m1/s1. The third-order valence-electron chi connectivity index (χ3n) is 3.28. The summed E-state index contributed by atoms with van der Waals surface area (Å²) < 4.78 is 6.09. The smallest absolute Gasteiger partial charge is 0.327 e. The second-order valence-corrected chi connectivity index (χ2v) is 5.51. The molecule has 0 unspecified atom stereocenters. The van der Waals surface area contributed by atoms with Gasteiger partial charge in [0.2, 0.25) is 0 Å². The van der Waals surface area contributed by atoms with Crippen molar-refractivity contribution < 1.29 is 20.1 Å². The quantitative estimate of drug-likeness (QED) is 0.396. The summed E-state index contributed by atoms with van der Waals surface area (Å²) >= 11 is 0.571. The molecule has 2 aromatic heterocycles. The second-order valence-electron chi connectivity index (χ2n) is 4.55. The van der Waals surface area contributed by atoms with Gasteiger partial charge in [-0.3, -0.25) is 24.1 Å². The SMILES string of the molecule is O=c1[nH]c(=O)c2sc(=O)n([C@@H]3O[C@H](CO)[C@@H](O)[C@H]3O)c2[nH]1. The number of hydrogen-bond acceptors (Lipinski definition) is 8. The monoisotopic (exact) mass is 317 g/mol. The van der Waals surface area contributed by atoms with Gasteiger partial charge in [0, 0.05) is 0 Å². The Morgan fingerprint density at radius 3 is 2.52 bits per heavy atom. The minimum atomic E-state index is -1.49. The number of nitrogens with one attached hydrogen (secondary N) is 2. The maximum Gasteiger partial charge on any atom is 0.327 e. The third-order valence-corrected chi connectivity index (χ3v) is 4.23. The molecule has 0 bridgehead atoms. The van der Waals surface area contributed by atoms with Gasteiger partial charge in [0.25, 0.3) is 5.56 Å². The summed E-state index contributed by atoms with van der Waals surface area (Å²) in [7, 11) is 0. The fourth-order valence-corrected chi connectivity index (χ4v) is 3.14. The zero-order valence-electron chi connectivity index (χ0n) is 10.3. The molecule has 2 aromatic rings. The summed E-state index contributed by atoms with van der Waals surface area (Å²) in [4.78, 5) is 38.6. The van der Waals surface area contributed by atoms with E-state index in [1.54, 1.807) is 0 Å². The highest BCUT2D eigenvalue weighted by Crippen LogP contribution is 2.30. The van der Waals surface area contributed by atoms with Gasteiger partial charge in [0.1, 0.15) is 28.7 Å². The predicted molar refractivity (Wildman–Crippen MR) is 70.3 cm³/mol. The van der Waals surface area contributed by atoms with Gasteiger partial charge in [-0.1, -0.05) is 11.3 Å². The van der Waals surface area contributed by atoms with E-state index in [9.17, 15) is 24.6 Å². The Labute approximate surface area is 118 Å². The molecule has 0 amide bonds. The average Bonchev–Trinajstić information content (AvgIpc) is 2.89. The average molecular weight is 317 g/mol. The molecule has 4 atom stereocenters. The molecule has 1 aliphatic rings. The van der Waals surface area contributed by atoms with E-state index in [0.29, 0.717) is 11.3 Å². The summed E-state index contributed by atoms with van der Waals surface area (Å²) in [6.07, 6.45) is -5.26. The van der Waals surface area contributed by atoms with Crippen molar-refractivity contribution in [1.82, 2.24) is 14.5 Å². The Balaban J connectivity index is 2.22. The molecule has 0 aromatic carbocycles. The molecule has 5 N–H and O–H groups in total. The van der Waals surface area contributed by atoms with Crippen molar-refractivity contribution in [2.75, 3.05) is 6.61 Å². The number of fused-ring (bicyclic) bond motifs is 1. The molecular formula is C10H11N3O7S. The number of rotatable bonds is 2. The van der Waals surface area contributed by atoms with Crippen LogP contribution in [0.15, 0.2) is 14.4 Å². The maximum atomic E-state index is 12.0. The lowest BCUT2D eigenvalue weighted by Gasteiger charge is -2.15. The van der Waals surface area contributed by atoms with Crippen LogP contribution in [0.1, 0.15) is 6.23 Å². The molecular weight excluding hydrogens is 306 g/mol. The Bertz CT molecular complexity index is 849. The highest BCUT2D eigenvalue weighted by atomic mass is 32.1. The van der Waals surface area contributed by atoms with Crippen molar-refractivity contribution in [1.29, 1.82) is 0 Å². The van der Waals surface area contributed by atoms with Crippen LogP contribution in [-0.2, 0) is 4.74 Å². The van der Waals surface area contributed by atoms with Gasteiger partial charge in [-0.25, -0.2) is 4.79 Å². The van der Waals surface area contributed by atoms with Crippen molar-refractivity contribution >= 4 is 21.7 Å². The first-order valence-electron chi connectivity index (χ1n) is 5.94. The van der Waals surface area contributed by atoms with Crippen molar-refractivity contribution in [2.24, 2.45) is 0 Å². The normalized spacial score (nSPS) is 29.3. The molecule has 114 valence electrons. The van der Waals surface area contributed by atoms with Crippen LogP contribution in [0, 0.1) is 0 Å². The van der Waals surface area contributed by atoms with Crippen LogP contribution >= 0.6 is 11.3 Å². The molecule has 3 heterocycles. The first kappa shape index (κ1) is 14.2. The number of aliphatic hydroxyl groups is 3. The Kier molecular flexibility index (Phi) is 3.30. The number of nitrogens with zero attached hydrogens (tertiary/aromatic N) is 1.